The summed E-state index contributed by atoms with van der Waals surface area (Å²) in [5.41, 5.74) is 0.578. The summed E-state index contributed by atoms with van der Waals surface area (Å²) in [6, 6.07) is 7.60. The van der Waals surface area contributed by atoms with E-state index in [0.29, 0.717) is 32.5 Å². The highest BCUT2D eigenvalue weighted by molar-refractivity contribution is 6.28. The number of carbonyl (C=O) groups excluding carboxylic acids is 1. The maximum atomic E-state index is 12.3. The molecule has 0 unspecified atom stereocenters. The summed E-state index contributed by atoms with van der Waals surface area (Å²) in [5, 5.41) is 42.6. The molecule has 0 heterocycles. The van der Waals surface area contributed by atoms with Crippen LogP contribution in [-0.2, 0) is 4.79 Å². The van der Waals surface area contributed by atoms with Gasteiger partial charge in [0, 0.05) is 16.5 Å². The third-order valence-corrected chi connectivity index (χ3v) is 4.97. The number of phenols is 2. The fourth-order valence-corrected chi connectivity index (χ4v) is 3.87. The number of aliphatic hydroxyl groups is 2. The van der Waals surface area contributed by atoms with Crippen LogP contribution in [0.15, 0.2) is 40.9 Å². The molecular weight excluding hydrogens is 336 g/mol. The number of aliphatic hydroxyl groups excluding tert-OH is 2. The first-order chi connectivity index (χ1) is 12.4. The molecule has 0 saturated heterocycles. The quantitative estimate of drug-likeness (QED) is 0.388. The van der Waals surface area contributed by atoms with E-state index in [0.717, 1.165) is 0 Å². The molecule has 3 aliphatic rings. The summed E-state index contributed by atoms with van der Waals surface area (Å²) in [6.45, 7) is 0. The average Bonchev–Trinajstić information content (AvgIpc) is 2.92. The Hall–Kier alpha value is -3.80. The number of hydrogen-bond acceptors (Lipinski definition) is 6. The molecule has 26 heavy (non-hydrogen) atoms. The molecule has 0 fully saturated rings. The van der Waals surface area contributed by atoms with Gasteiger partial charge < -0.3 is 20.4 Å². The Balaban J connectivity index is 2.16. The Bertz CT molecular complexity index is 1400. The topological polar surface area (TPSA) is 115 Å². The van der Waals surface area contributed by atoms with Crippen molar-refractivity contribution in [3.8, 4) is 22.6 Å². The van der Waals surface area contributed by atoms with Crippen LogP contribution in [0.4, 0.5) is 0 Å². The number of ketones is 1. The molecule has 3 aliphatic carbocycles. The van der Waals surface area contributed by atoms with E-state index in [1.807, 2.05) is 0 Å². The lowest BCUT2D eigenvalue weighted by atomic mass is 9.96. The second-order valence-electron chi connectivity index (χ2n) is 6.31. The summed E-state index contributed by atoms with van der Waals surface area (Å²) in [4.78, 5) is 24.1. The van der Waals surface area contributed by atoms with Gasteiger partial charge in [-0.3, -0.25) is 9.59 Å². The highest BCUT2D eigenvalue weighted by Crippen LogP contribution is 2.47. The number of hydrogen-bond donors (Lipinski definition) is 4. The first-order valence-corrected chi connectivity index (χ1v) is 7.78. The minimum Gasteiger partial charge on any atom is -0.507 e. The lowest BCUT2D eigenvalue weighted by Gasteiger charge is -2.11. The number of aromatic hydroxyl groups is 2. The summed E-state index contributed by atoms with van der Waals surface area (Å²) in [7, 11) is 0. The molecule has 0 bridgehead atoms. The molecule has 5 rings (SSSR count). The van der Waals surface area contributed by atoms with E-state index in [4.69, 9.17) is 0 Å². The van der Waals surface area contributed by atoms with E-state index < -0.39 is 28.5 Å². The highest BCUT2D eigenvalue weighted by Gasteiger charge is 2.28. The number of rotatable bonds is 0. The van der Waals surface area contributed by atoms with E-state index >= 15 is 0 Å². The van der Waals surface area contributed by atoms with Gasteiger partial charge in [0.1, 0.15) is 5.75 Å². The summed E-state index contributed by atoms with van der Waals surface area (Å²) >= 11 is 0. The van der Waals surface area contributed by atoms with Gasteiger partial charge in [0.25, 0.3) is 0 Å². The van der Waals surface area contributed by atoms with Gasteiger partial charge in [-0.25, -0.2) is 0 Å². The van der Waals surface area contributed by atoms with Crippen molar-refractivity contribution < 1.29 is 25.2 Å². The number of allylic oxidation sites excluding steroid dienone is 1. The number of fused-ring (bicyclic) bond motifs is 5. The van der Waals surface area contributed by atoms with Crippen LogP contribution in [0, 0.1) is 0 Å². The molecule has 0 aromatic heterocycles. The number of phenolic OH excluding ortho intramolecular Hbond substituents is 2. The summed E-state index contributed by atoms with van der Waals surface area (Å²) < 4.78 is 0. The van der Waals surface area contributed by atoms with Crippen LogP contribution >= 0.6 is 0 Å². The zero-order chi connectivity index (χ0) is 18.3. The van der Waals surface area contributed by atoms with Gasteiger partial charge in [0.15, 0.2) is 11.5 Å². The smallest absolute Gasteiger partial charge is 0.231 e. The predicted molar refractivity (Wildman–Crippen MR) is 95.7 cm³/mol. The zero-order valence-electron chi connectivity index (χ0n) is 13.1. The van der Waals surface area contributed by atoms with Crippen LogP contribution in [0.1, 0.15) is 5.56 Å². The molecule has 6 heteroatoms. The van der Waals surface area contributed by atoms with Crippen LogP contribution in [-0.4, -0.2) is 26.2 Å². The van der Waals surface area contributed by atoms with Crippen molar-refractivity contribution in [3.05, 3.63) is 57.1 Å². The van der Waals surface area contributed by atoms with E-state index in [1.165, 1.54) is 18.2 Å². The van der Waals surface area contributed by atoms with Crippen molar-refractivity contribution in [1.82, 2.24) is 0 Å². The van der Waals surface area contributed by atoms with Gasteiger partial charge in [-0.2, -0.15) is 0 Å². The number of Topliss-reactive ketones (excluding diaryl/α,β-unsaturated/α-hetero) is 1. The molecule has 2 aromatic carbocycles. The third kappa shape index (κ3) is 1.51. The van der Waals surface area contributed by atoms with Crippen LogP contribution in [0.2, 0.25) is 0 Å². The number of carbonyl (C=O) groups is 1. The molecule has 0 saturated carbocycles. The Morgan fingerprint density at radius 3 is 2.19 bits per heavy atom. The van der Waals surface area contributed by atoms with E-state index in [-0.39, 0.29) is 16.7 Å². The molecule has 6 nitrogen and oxygen atoms in total. The van der Waals surface area contributed by atoms with Crippen LogP contribution in [0.5, 0.6) is 11.5 Å². The molecule has 0 atom stereocenters. The molecular formula is C20H10O6. The second kappa shape index (κ2) is 4.43. The van der Waals surface area contributed by atoms with Crippen molar-refractivity contribution in [2.75, 3.05) is 0 Å². The van der Waals surface area contributed by atoms with E-state index in [9.17, 15) is 30.0 Å². The average molecular weight is 346 g/mol. The van der Waals surface area contributed by atoms with Gasteiger partial charge in [-0.05, 0) is 45.8 Å². The Kier molecular flexibility index (Phi) is 2.48. The second-order valence-corrected chi connectivity index (χ2v) is 6.31. The molecule has 0 aliphatic heterocycles. The van der Waals surface area contributed by atoms with Gasteiger partial charge in [-0.15, -0.1) is 0 Å². The van der Waals surface area contributed by atoms with Crippen molar-refractivity contribution in [2.45, 2.75) is 0 Å². The molecule has 0 radical (unpaired) electrons. The standard InChI is InChI=1S/C20H10O6/c21-11-4-3-9-15-8(10-6-13(23)18(24)17(11)16(9)10)2-1-7-5-12(22)19(25)20(26)14(7)15/h1-6,21,23,25-26H. The molecule has 0 amide bonds. The van der Waals surface area contributed by atoms with Crippen molar-refractivity contribution in [1.29, 1.82) is 0 Å². The van der Waals surface area contributed by atoms with Crippen LogP contribution in [0.3, 0.4) is 0 Å². The van der Waals surface area contributed by atoms with Crippen molar-refractivity contribution in [2.24, 2.45) is 0 Å². The zero-order valence-corrected chi connectivity index (χ0v) is 13.1. The third-order valence-electron chi connectivity index (χ3n) is 4.97. The minimum absolute atomic E-state index is 0.00833. The van der Waals surface area contributed by atoms with Gasteiger partial charge in [0.2, 0.25) is 17.0 Å². The molecule has 0 spiro atoms. The van der Waals surface area contributed by atoms with Crippen molar-refractivity contribution >= 4 is 39.2 Å². The monoisotopic (exact) mass is 346 g/mol. The predicted octanol–water partition coefficient (Wildman–Crippen LogP) is 2.17. The maximum absolute atomic E-state index is 12.3. The molecule has 4 N–H and O–H groups in total. The SMILES string of the molecule is O=C1C=c2ccc3c4cc(O)c(=O)c5c(O)ccc(c5-4)c3c2C(O)=C1O. The Labute approximate surface area is 144 Å². The Morgan fingerprint density at radius 1 is 0.692 bits per heavy atom. The molecule has 2 aromatic rings. The number of benzene rings is 3. The van der Waals surface area contributed by atoms with Crippen LogP contribution in [0.25, 0.3) is 44.5 Å². The highest BCUT2D eigenvalue weighted by atomic mass is 16.3. The largest absolute Gasteiger partial charge is 0.507 e. The van der Waals surface area contributed by atoms with Crippen LogP contribution < -0.4 is 10.6 Å². The lowest BCUT2D eigenvalue weighted by molar-refractivity contribution is -0.112. The van der Waals surface area contributed by atoms with E-state index in [2.05, 4.69) is 0 Å². The first-order valence-electron chi connectivity index (χ1n) is 7.78. The summed E-state index contributed by atoms with van der Waals surface area (Å²) in [6.07, 6.45) is 1.22. The van der Waals surface area contributed by atoms with Gasteiger partial charge >= 0.3 is 0 Å². The minimum atomic E-state index is -0.746. The molecule has 126 valence electrons. The van der Waals surface area contributed by atoms with E-state index in [1.54, 1.807) is 18.2 Å². The van der Waals surface area contributed by atoms with Crippen molar-refractivity contribution in [3.63, 3.8) is 0 Å². The normalized spacial score (nSPS) is 14.4. The first kappa shape index (κ1) is 14.5. The van der Waals surface area contributed by atoms with Gasteiger partial charge in [0.05, 0.1) is 5.39 Å². The Morgan fingerprint density at radius 2 is 1.42 bits per heavy atom. The lowest BCUT2D eigenvalue weighted by Crippen LogP contribution is -2.19. The van der Waals surface area contributed by atoms with Gasteiger partial charge in [-0.1, -0.05) is 12.1 Å². The summed E-state index contributed by atoms with van der Waals surface area (Å²) in [5.74, 6) is -2.72. The fourth-order valence-electron chi connectivity index (χ4n) is 3.87. The fraction of sp³-hybridized carbons (Fsp3) is 0. The maximum Gasteiger partial charge on any atom is 0.231 e.